The van der Waals surface area contributed by atoms with Crippen LogP contribution in [0.1, 0.15) is 44.4 Å². The predicted molar refractivity (Wildman–Crippen MR) is 73.8 cm³/mol. The Hall–Kier alpha value is -1.28. The van der Waals surface area contributed by atoms with Crippen molar-refractivity contribution in [1.29, 1.82) is 0 Å². The summed E-state index contributed by atoms with van der Waals surface area (Å²) in [7, 11) is 0. The molecule has 0 saturated heterocycles. The molecule has 0 amide bonds. The number of rotatable bonds is 7. The highest BCUT2D eigenvalue weighted by molar-refractivity contribution is 5.58. The van der Waals surface area contributed by atoms with Crippen molar-refractivity contribution < 1.29 is 4.74 Å². The van der Waals surface area contributed by atoms with Crippen LogP contribution in [0.2, 0.25) is 0 Å². The molecule has 0 heterocycles. The van der Waals surface area contributed by atoms with Crippen LogP contribution in [0.4, 0.5) is 0 Å². The lowest BCUT2D eigenvalue weighted by molar-refractivity contribution is 0.299. The fourth-order valence-electron chi connectivity index (χ4n) is 1.72. The molecule has 0 aliphatic heterocycles. The molecule has 2 nitrogen and oxygen atoms in total. The van der Waals surface area contributed by atoms with E-state index in [1.165, 1.54) is 5.56 Å². The molecule has 0 radical (unpaired) electrons. The van der Waals surface area contributed by atoms with E-state index in [2.05, 4.69) is 43.9 Å². The summed E-state index contributed by atoms with van der Waals surface area (Å²) < 4.78 is 5.43. The van der Waals surface area contributed by atoms with E-state index in [1.54, 1.807) is 0 Å². The second kappa shape index (κ2) is 7.13. The summed E-state index contributed by atoms with van der Waals surface area (Å²) >= 11 is 0. The van der Waals surface area contributed by atoms with E-state index in [4.69, 9.17) is 4.74 Å². The number of ether oxygens (including phenoxy) is 1. The summed E-state index contributed by atoms with van der Waals surface area (Å²) in [5.74, 6) is 0.747. The fourth-order valence-corrected chi connectivity index (χ4v) is 1.72. The molecule has 17 heavy (non-hydrogen) atoms. The van der Waals surface area contributed by atoms with Gasteiger partial charge in [-0.15, -0.1) is 0 Å². The van der Waals surface area contributed by atoms with E-state index in [1.807, 2.05) is 13.0 Å². The Labute approximate surface area is 105 Å². The topological polar surface area (TPSA) is 21.3 Å². The highest BCUT2D eigenvalue weighted by Crippen LogP contribution is 2.19. The largest absolute Gasteiger partial charge is 0.494 e. The van der Waals surface area contributed by atoms with E-state index < -0.39 is 0 Å². The molecule has 1 aromatic carbocycles. The van der Waals surface area contributed by atoms with Gasteiger partial charge < -0.3 is 10.1 Å². The maximum atomic E-state index is 5.43. The third-order valence-electron chi connectivity index (χ3n) is 2.73. The lowest BCUT2D eigenvalue weighted by atomic mass is 10.0. The van der Waals surface area contributed by atoms with Crippen molar-refractivity contribution in [3.63, 3.8) is 0 Å². The fraction of sp³-hybridized carbons (Fsp3) is 0.467. The average molecular weight is 233 g/mol. The van der Waals surface area contributed by atoms with E-state index in [9.17, 15) is 0 Å². The van der Waals surface area contributed by atoms with Crippen LogP contribution < -0.4 is 5.32 Å². The number of hydrogen-bond donors (Lipinski definition) is 1. The van der Waals surface area contributed by atoms with Gasteiger partial charge in [-0.25, -0.2) is 0 Å². The third-order valence-corrected chi connectivity index (χ3v) is 2.73. The van der Waals surface area contributed by atoms with Crippen LogP contribution in [-0.2, 0) is 4.74 Å². The first-order valence-electron chi connectivity index (χ1n) is 6.34. The van der Waals surface area contributed by atoms with Crippen molar-refractivity contribution >= 4 is 5.76 Å². The molecule has 0 aliphatic carbocycles. The minimum absolute atomic E-state index is 0.365. The second-order valence-electron chi connectivity index (χ2n) is 4.16. The van der Waals surface area contributed by atoms with Gasteiger partial charge in [-0.1, -0.05) is 31.7 Å². The van der Waals surface area contributed by atoms with Crippen LogP contribution in [0.25, 0.3) is 5.76 Å². The van der Waals surface area contributed by atoms with Crippen molar-refractivity contribution in [3.05, 3.63) is 42.0 Å². The maximum Gasteiger partial charge on any atom is 0.119 e. The molecule has 0 saturated carbocycles. The zero-order chi connectivity index (χ0) is 12.7. The van der Waals surface area contributed by atoms with Gasteiger partial charge in [0, 0.05) is 11.6 Å². The molecular weight excluding hydrogens is 210 g/mol. The number of nitrogens with one attached hydrogen (secondary N) is 1. The van der Waals surface area contributed by atoms with Crippen molar-refractivity contribution in [3.8, 4) is 0 Å². The highest BCUT2D eigenvalue weighted by Gasteiger charge is 2.06. The molecule has 0 aromatic heterocycles. The van der Waals surface area contributed by atoms with E-state index in [0.29, 0.717) is 12.6 Å². The van der Waals surface area contributed by atoms with E-state index in [-0.39, 0.29) is 0 Å². The molecule has 2 heteroatoms. The second-order valence-corrected chi connectivity index (χ2v) is 4.16. The van der Waals surface area contributed by atoms with Gasteiger partial charge >= 0.3 is 0 Å². The van der Waals surface area contributed by atoms with Gasteiger partial charge in [0.25, 0.3) is 0 Å². The first-order valence-corrected chi connectivity index (χ1v) is 6.34. The Balaban J connectivity index is 2.74. The van der Waals surface area contributed by atoms with E-state index in [0.717, 1.165) is 24.3 Å². The molecular formula is C15H23NO. The zero-order valence-electron chi connectivity index (χ0n) is 11.1. The monoisotopic (exact) mass is 233 g/mol. The smallest absolute Gasteiger partial charge is 0.119 e. The molecule has 1 unspecified atom stereocenters. The van der Waals surface area contributed by atoms with E-state index >= 15 is 0 Å². The molecule has 0 bridgehead atoms. The van der Waals surface area contributed by atoms with Crippen molar-refractivity contribution in [2.75, 3.05) is 13.2 Å². The molecule has 0 fully saturated rings. The van der Waals surface area contributed by atoms with Gasteiger partial charge in [0.1, 0.15) is 5.76 Å². The van der Waals surface area contributed by atoms with Crippen LogP contribution in [0.3, 0.4) is 0 Å². The van der Waals surface area contributed by atoms with Crippen LogP contribution in [-0.4, -0.2) is 13.2 Å². The summed E-state index contributed by atoms with van der Waals surface area (Å²) in [4.78, 5) is 0. The summed E-state index contributed by atoms with van der Waals surface area (Å²) in [5, 5.41) is 3.48. The standard InChI is InChI=1S/C15H23NO/c1-5-10-16-12(3)14-8-7-9-15(11-14)13(4)17-6-2/h7-9,11-12,16H,4-6,10H2,1-3H3. The Morgan fingerprint density at radius 2 is 2.18 bits per heavy atom. The van der Waals surface area contributed by atoms with Gasteiger partial charge in [0.15, 0.2) is 0 Å². The molecule has 0 aliphatic rings. The normalized spacial score (nSPS) is 12.2. The van der Waals surface area contributed by atoms with Gasteiger partial charge in [-0.3, -0.25) is 0 Å². The van der Waals surface area contributed by atoms with Gasteiger partial charge in [0.2, 0.25) is 0 Å². The lowest BCUT2D eigenvalue weighted by Crippen LogP contribution is -2.19. The molecule has 1 aromatic rings. The minimum Gasteiger partial charge on any atom is -0.494 e. The van der Waals surface area contributed by atoms with Crippen LogP contribution in [0, 0.1) is 0 Å². The molecule has 0 spiro atoms. The molecule has 94 valence electrons. The molecule has 1 N–H and O–H groups in total. The Bertz CT molecular complexity index is 360. The first kappa shape index (κ1) is 13.8. The van der Waals surface area contributed by atoms with Gasteiger partial charge in [-0.05, 0) is 38.4 Å². The quantitative estimate of drug-likeness (QED) is 0.724. The predicted octanol–water partition coefficient (Wildman–Crippen LogP) is 3.75. The number of hydrogen-bond acceptors (Lipinski definition) is 2. The Kier molecular flexibility index (Phi) is 5.78. The molecule has 1 atom stereocenters. The van der Waals surface area contributed by atoms with Crippen LogP contribution in [0.15, 0.2) is 30.8 Å². The van der Waals surface area contributed by atoms with Crippen LogP contribution in [0.5, 0.6) is 0 Å². The van der Waals surface area contributed by atoms with Crippen molar-refractivity contribution in [2.24, 2.45) is 0 Å². The minimum atomic E-state index is 0.365. The molecule has 1 rings (SSSR count). The van der Waals surface area contributed by atoms with Gasteiger partial charge in [0.05, 0.1) is 6.61 Å². The number of benzene rings is 1. The van der Waals surface area contributed by atoms with Gasteiger partial charge in [-0.2, -0.15) is 0 Å². The zero-order valence-corrected chi connectivity index (χ0v) is 11.1. The van der Waals surface area contributed by atoms with Crippen molar-refractivity contribution in [1.82, 2.24) is 5.32 Å². The summed E-state index contributed by atoms with van der Waals surface area (Å²) in [6.07, 6.45) is 1.15. The Morgan fingerprint density at radius 3 is 2.82 bits per heavy atom. The van der Waals surface area contributed by atoms with Crippen molar-refractivity contribution in [2.45, 2.75) is 33.2 Å². The third kappa shape index (κ3) is 4.23. The summed E-state index contributed by atoms with van der Waals surface area (Å²) in [6.45, 7) is 12.0. The van der Waals surface area contributed by atoms with Crippen LogP contribution >= 0.6 is 0 Å². The summed E-state index contributed by atoms with van der Waals surface area (Å²) in [6, 6.07) is 8.73. The average Bonchev–Trinajstić information content (AvgIpc) is 2.36. The maximum absolute atomic E-state index is 5.43. The first-order chi connectivity index (χ1) is 8.19. The SMILES string of the molecule is C=C(OCC)c1cccc(C(C)NCCC)c1. The Morgan fingerprint density at radius 1 is 1.41 bits per heavy atom. The summed E-state index contributed by atoms with van der Waals surface area (Å²) in [5.41, 5.74) is 2.34. The highest BCUT2D eigenvalue weighted by atomic mass is 16.5. The lowest BCUT2D eigenvalue weighted by Gasteiger charge is -2.15.